The first-order chi connectivity index (χ1) is 13.5. The molecule has 0 unspecified atom stereocenters. The number of carbonyl (C=O) groups excluding carboxylic acids is 1. The van der Waals surface area contributed by atoms with Crippen LogP contribution in [0.1, 0.15) is 37.3 Å². The van der Waals surface area contributed by atoms with Crippen LogP contribution in [0.4, 0.5) is 4.79 Å². The lowest BCUT2D eigenvalue weighted by atomic mass is 9.48. The molecule has 1 saturated carbocycles. The normalized spacial score (nSPS) is 37.6. The molecule has 1 N–H and O–H groups in total. The van der Waals surface area contributed by atoms with Crippen LogP contribution >= 0.6 is 0 Å². The van der Waals surface area contributed by atoms with Crippen LogP contribution in [0.2, 0.25) is 0 Å². The van der Waals surface area contributed by atoms with Crippen molar-refractivity contribution in [3.05, 3.63) is 23.3 Å². The predicted molar refractivity (Wildman–Crippen MR) is 99.9 cm³/mol. The van der Waals surface area contributed by atoms with E-state index < -0.39 is 29.4 Å². The quantitative estimate of drug-likeness (QED) is 0.793. The van der Waals surface area contributed by atoms with Crippen molar-refractivity contribution in [1.29, 1.82) is 0 Å². The molecular weight excluding hydrogens is 362 g/mol. The van der Waals surface area contributed by atoms with Gasteiger partial charge in [-0.05, 0) is 57.8 Å². The zero-order chi connectivity index (χ0) is 19.7. The minimum Gasteiger partial charge on any atom is -0.493 e. The summed E-state index contributed by atoms with van der Waals surface area (Å²) in [5.74, 6) is 1.36. The summed E-state index contributed by atoms with van der Waals surface area (Å²) in [4.78, 5) is 14.3. The third-order valence-corrected chi connectivity index (χ3v) is 7.39. The second-order valence-corrected chi connectivity index (χ2v) is 8.39. The standard InChI is InChI=1S/C21H27NO6/c1-4-26-19(23)27-14-7-8-21(24)15-11-12-5-6-13(25-3)17-16(12)20(21,18(14)28-17)9-10-22(15)2/h5-6,14-15,18,24H,4,7-11H2,1-3H3/t14-,15-,18+,20+,21-/m1/s1. The van der Waals surface area contributed by atoms with E-state index in [0.29, 0.717) is 24.3 Å². The molecule has 0 radical (unpaired) electrons. The second kappa shape index (κ2) is 6.00. The van der Waals surface area contributed by atoms with Crippen molar-refractivity contribution in [1.82, 2.24) is 4.90 Å². The fourth-order valence-corrected chi connectivity index (χ4v) is 6.25. The fraction of sp³-hybridized carbons (Fsp3) is 0.667. The highest BCUT2D eigenvalue weighted by atomic mass is 16.7. The number of nitrogens with zero attached hydrogens (tertiary/aromatic N) is 1. The minimum absolute atomic E-state index is 0.0164. The van der Waals surface area contributed by atoms with Crippen LogP contribution in [0.15, 0.2) is 12.1 Å². The number of carbonyl (C=O) groups is 1. The maximum Gasteiger partial charge on any atom is 0.508 e. The molecule has 0 amide bonds. The Morgan fingerprint density at radius 3 is 2.96 bits per heavy atom. The van der Waals surface area contributed by atoms with E-state index in [-0.39, 0.29) is 12.6 Å². The molecule has 0 aromatic heterocycles. The first kappa shape index (κ1) is 18.1. The highest BCUT2D eigenvalue weighted by Crippen LogP contribution is 2.65. The molecule has 2 heterocycles. The van der Waals surface area contributed by atoms with Crippen LogP contribution in [0.25, 0.3) is 0 Å². The Labute approximate surface area is 164 Å². The molecule has 2 aliphatic carbocycles. The number of methoxy groups -OCH3 is 1. The van der Waals surface area contributed by atoms with Gasteiger partial charge in [-0.3, -0.25) is 0 Å². The second-order valence-electron chi connectivity index (χ2n) is 8.39. The highest BCUT2D eigenvalue weighted by Gasteiger charge is 2.73. The van der Waals surface area contributed by atoms with Gasteiger partial charge in [0.15, 0.2) is 11.5 Å². The minimum atomic E-state index is -0.927. The SMILES string of the molecule is CCOC(=O)O[C@@H]1CC[C@@]2(O)[C@H]3Cc4ccc(OC)c5c4[C@@]2(CCN3C)[C@H]1O5. The van der Waals surface area contributed by atoms with Crippen molar-refractivity contribution in [2.24, 2.45) is 0 Å². The summed E-state index contributed by atoms with van der Waals surface area (Å²) in [6.45, 7) is 2.87. The Morgan fingerprint density at radius 1 is 1.39 bits per heavy atom. The zero-order valence-corrected chi connectivity index (χ0v) is 16.6. The van der Waals surface area contributed by atoms with Gasteiger partial charge < -0.3 is 29.0 Å². The van der Waals surface area contributed by atoms with E-state index in [1.807, 2.05) is 6.07 Å². The molecule has 28 heavy (non-hydrogen) atoms. The summed E-state index contributed by atoms with van der Waals surface area (Å²) in [6, 6.07) is 4.04. The molecule has 1 aromatic carbocycles. The summed E-state index contributed by atoms with van der Waals surface area (Å²) in [5.41, 5.74) is 0.720. The molecule has 2 fully saturated rings. The van der Waals surface area contributed by atoms with Gasteiger partial charge in [0.2, 0.25) is 0 Å². The van der Waals surface area contributed by atoms with Gasteiger partial charge in [0, 0.05) is 11.6 Å². The number of hydrogen-bond acceptors (Lipinski definition) is 7. The van der Waals surface area contributed by atoms with Gasteiger partial charge >= 0.3 is 6.16 Å². The summed E-state index contributed by atoms with van der Waals surface area (Å²) in [5, 5.41) is 12.1. The Morgan fingerprint density at radius 2 is 2.21 bits per heavy atom. The number of hydrogen-bond donors (Lipinski definition) is 1. The Balaban J connectivity index is 1.66. The predicted octanol–water partition coefficient (Wildman–Crippen LogP) is 2.02. The van der Waals surface area contributed by atoms with E-state index in [0.717, 1.165) is 24.9 Å². The van der Waals surface area contributed by atoms with Gasteiger partial charge in [0.05, 0.1) is 24.7 Å². The van der Waals surface area contributed by atoms with Crippen LogP contribution < -0.4 is 9.47 Å². The summed E-state index contributed by atoms with van der Waals surface area (Å²) in [7, 11) is 3.71. The molecule has 7 heteroatoms. The van der Waals surface area contributed by atoms with E-state index in [9.17, 15) is 9.90 Å². The lowest BCUT2D eigenvalue weighted by Gasteiger charge is -2.63. The number of piperidine rings is 1. The molecule has 4 aliphatic rings. The van der Waals surface area contributed by atoms with E-state index in [1.54, 1.807) is 14.0 Å². The van der Waals surface area contributed by atoms with Crippen molar-refractivity contribution in [3.63, 3.8) is 0 Å². The van der Waals surface area contributed by atoms with Gasteiger partial charge in [0.1, 0.15) is 12.2 Å². The van der Waals surface area contributed by atoms with Crippen molar-refractivity contribution in [2.45, 2.75) is 61.9 Å². The molecule has 1 spiro atoms. The van der Waals surface area contributed by atoms with Crippen LogP contribution in [0.5, 0.6) is 11.5 Å². The average molecular weight is 389 g/mol. The molecule has 7 nitrogen and oxygen atoms in total. The third-order valence-electron chi connectivity index (χ3n) is 7.39. The van der Waals surface area contributed by atoms with E-state index in [1.165, 1.54) is 5.56 Å². The first-order valence-electron chi connectivity index (χ1n) is 10.1. The summed E-state index contributed by atoms with van der Waals surface area (Å²) in [6.07, 6.45) is 1.03. The lowest BCUT2D eigenvalue weighted by molar-refractivity contribution is -0.206. The van der Waals surface area contributed by atoms with Gasteiger partial charge in [-0.25, -0.2) is 4.79 Å². The molecular formula is C21H27NO6. The fourth-order valence-electron chi connectivity index (χ4n) is 6.25. The molecule has 152 valence electrons. The molecule has 5 rings (SSSR count). The smallest absolute Gasteiger partial charge is 0.493 e. The third kappa shape index (κ3) is 2.04. The highest BCUT2D eigenvalue weighted by molar-refractivity contribution is 5.64. The van der Waals surface area contributed by atoms with Gasteiger partial charge in [-0.2, -0.15) is 0 Å². The maximum atomic E-state index is 12.1. The Hall–Kier alpha value is -1.99. The van der Waals surface area contributed by atoms with E-state index in [2.05, 4.69) is 18.0 Å². The first-order valence-corrected chi connectivity index (χ1v) is 10.1. The van der Waals surface area contributed by atoms with E-state index >= 15 is 0 Å². The van der Waals surface area contributed by atoms with Crippen LogP contribution in [-0.4, -0.2) is 67.3 Å². The van der Waals surface area contributed by atoms with Crippen LogP contribution in [0, 0.1) is 0 Å². The molecule has 5 atom stereocenters. The average Bonchev–Trinajstić information content (AvgIpc) is 3.02. The van der Waals surface area contributed by atoms with Gasteiger partial charge in [-0.1, -0.05) is 6.07 Å². The monoisotopic (exact) mass is 389 g/mol. The molecule has 2 bridgehead atoms. The van der Waals surface area contributed by atoms with Crippen molar-refractivity contribution in [3.8, 4) is 11.5 Å². The number of likely N-dealkylation sites (tertiary alicyclic amines) is 1. The van der Waals surface area contributed by atoms with Crippen molar-refractivity contribution in [2.75, 3.05) is 27.3 Å². The number of aliphatic hydroxyl groups is 1. The number of rotatable bonds is 3. The van der Waals surface area contributed by atoms with Gasteiger partial charge in [-0.15, -0.1) is 0 Å². The zero-order valence-electron chi connectivity index (χ0n) is 16.6. The topological polar surface area (TPSA) is 77.5 Å². The molecule has 2 aliphatic heterocycles. The maximum absolute atomic E-state index is 12.1. The van der Waals surface area contributed by atoms with Gasteiger partial charge in [0.25, 0.3) is 0 Å². The van der Waals surface area contributed by atoms with Crippen molar-refractivity contribution >= 4 is 6.16 Å². The van der Waals surface area contributed by atoms with Crippen LogP contribution in [-0.2, 0) is 21.3 Å². The Bertz CT molecular complexity index is 827. The van der Waals surface area contributed by atoms with Crippen molar-refractivity contribution < 1.29 is 28.8 Å². The molecule has 1 saturated heterocycles. The summed E-state index contributed by atoms with van der Waals surface area (Å²) >= 11 is 0. The largest absolute Gasteiger partial charge is 0.508 e. The number of benzene rings is 1. The summed E-state index contributed by atoms with van der Waals surface area (Å²) < 4.78 is 22.7. The molecule has 1 aromatic rings. The lowest BCUT2D eigenvalue weighted by Crippen LogP contribution is -2.76. The van der Waals surface area contributed by atoms with E-state index in [4.69, 9.17) is 18.9 Å². The number of ether oxygens (including phenoxy) is 4. The number of likely N-dealkylation sites (N-methyl/N-ethyl adjacent to an activating group) is 1. The Kier molecular flexibility index (Phi) is 3.87. The van der Waals surface area contributed by atoms with Crippen LogP contribution in [0.3, 0.4) is 0 Å².